The standard InChI is InChI=1S/C21H21N5O4/c1-25-7-2-3-16(25)21(28)26-8-6-15-14(11-26)19(24-23-15)20(27)22-10-13-4-5-17-18(9-13)30-12-29-17/h2-5,7,9H,6,8,10-12H2,1H3,(H,22,27)(H,23,24). The highest BCUT2D eigenvalue weighted by atomic mass is 16.7. The molecule has 9 heteroatoms. The molecule has 0 bridgehead atoms. The minimum Gasteiger partial charge on any atom is -0.454 e. The van der Waals surface area contributed by atoms with Gasteiger partial charge in [-0.2, -0.15) is 5.10 Å². The minimum absolute atomic E-state index is 0.0546. The summed E-state index contributed by atoms with van der Waals surface area (Å²) in [5, 5.41) is 10.1. The summed E-state index contributed by atoms with van der Waals surface area (Å²) >= 11 is 0. The van der Waals surface area contributed by atoms with Gasteiger partial charge in [-0.15, -0.1) is 0 Å². The molecule has 2 aliphatic heterocycles. The number of H-pyrrole nitrogens is 1. The molecule has 0 fully saturated rings. The molecule has 154 valence electrons. The first-order valence-corrected chi connectivity index (χ1v) is 9.73. The van der Waals surface area contributed by atoms with Crippen molar-refractivity contribution < 1.29 is 19.1 Å². The molecule has 4 heterocycles. The molecule has 0 saturated carbocycles. The van der Waals surface area contributed by atoms with Crippen LogP contribution < -0.4 is 14.8 Å². The SMILES string of the molecule is Cn1cccc1C(=O)N1CCc2[nH]nc(C(=O)NCc3ccc4c(c3)OCO4)c2C1. The lowest BCUT2D eigenvalue weighted by Crippen LogP contribution is -2.37. The largest absolute Gasteiger partial charge is 0.454 e. The monoisotopic (exact) mass is 407 g/mol. The van der Waals surface area contributed by atoms with Crippen LogP contribution in [0.15, 0.2) is 36.5 Å². The van der Waals surface area contributed by atoms with Crippen LogP contribution in [0.5, 0.6) is 11.5 Å². The molecule has 9 nitrogen and oxygen atoms in total. The number of nitrogens with one attached hydrogen (secondary N) is 2. The predicted molar refractivity (Wildman–Crippen MR) is 106 cm³/mol. The second kappa shape index (κ2) is 7.25. The number of carbonyl (C=O) groups excluding carboxylic acids is 2. The maximum atomic E-state index is 12.9. The Hall–Kier alpha value is -3.75. The number of aromatic amines is 1. The van der Waals surface area contributed by atoms with Gasteiger partial charge in [-0.25, -0.2) is 0 Å². The van der Waals surface area contributed by atoms with Crippen LogP contribution in [0, 0.1) is 0 Å². The summed E-state index contributed by atoms with van der Waals surface area (Å²) < 4.78 is 12.5. The fourth-order valence-corrected chi connectivity index (χ4v) is 3.82. The third-order valence-electron chi connectivity index (χ3n) is 5.49. The number of aromatic nitrogens is 3. The molecule has 3 aromatic rings. The van der Waals surface area contributed by atoms with E-state index in [2.05, 4.69) is 15.5 Å². The van der Waals surface area contributed by atoms with E-state index in [1.165, 1.54) is 0 Å². The zero-order chi connectivity index (χ0) is 20.7. The Kier molecular flexibility index (Phi) is 4.42. The number of carbonyl (C=O) groups is 2. The van der Waals surface area contributed by atoms with Crippen molar-refractivity contribution in [1.29, 1.82) is 0 Å². The summed E-state index contributed by atoms with van der Waals surface area (Å²) in [5.74, 6) is 1.04. The number of hydrogen-bond acceptors (Lipinski definition) is 5. The first-order valence-electron chi connectivity index (χ1n) is 9.73. The van der Waals surface area contributed by atoms with Crippen LogP contribution in [0.2, 0.25) is 0 Å². The summed E-state index contributed by atoms with van der Waals surface area (Å²) in [4.78, 5) is 27.4. The highest BCUT2D eigenvalue weighted by Crippen LogP contribution is 2.32. The summed E-state index contributed by atoms with van der Waals surface area (Å²) in [7, 11) is 1.84. The van der Waals surface area contributed by atoms with Gasteiger partial charge in [0.1, 0.15) is 5.69 Å². The smallest absolute Gasteiger partial charge is 0.272 e. The van der Waals surface area contributed by atoms with Crippen LogP contribution in [0.25, 0.3) is 0 Å². The fraction of sp³-hybridized carbons (Fsp3) is 0.286. The van der Waals surface area contributed by atoms with Crippen molar-refractivity contribution in [1.82, 2.24) is 25.0 Å². The number of rotatable bonds is 4. The van der Waals surface area contributed by atoms with E-state index in [4.69, 9.17) is 9.47 Å². The van der Waals surface area contributed by atoms with E-state index in [1.54, 1.807) is 15.5 Å². The van der Waals surface area contributed by atoms with Crippen LogP contribution in [0.1, 0.15) is 37.8 Å². The maximum absolute atomic E-state index is 12.9. The van der Waals surface area contributed by atoms with Crippen molar-refractivity contribution in [3.63, 3.8) is 0 Å². The normalized spacial score (nSPS) is 14.5. The van der Waals surface area contributed by atoms with Gasteiger partial charge in [0.15, 0.2) is 17.2 Å². The number of nitrogens with zero attached hydrogens (tertiary/aromatic N) is 3. The second-order valence-electron chi connectivity index (χ2n) is 7.38. The third-order valence-corrected chi connectivity index (χ3v) is 5.49. The molecule has 2 aromatic heterocycles. The summed E-state index contributed by atoms with van der Waals surface area (Å²) in [6.45, 7) is 1.48. The lowest BCUT2D eigenvalue weighted by molar-refractivity contribution is 0.0721. The lowest BCUT2D eigenvalue weighted by Gasteiger charge is -2.27. The van der Waals surface area contributed by atoms with Crippen LogP contribution in [0.3, 0.4) is 0 Å². The van der Waals surface area contributed by atoms with E-state index in [0.717, 1.165) is 16.8 Å². The van der Waals surface area contributed by atoms with Crippen LogP contribution in [-0.2, 0) is 26.6 Å². The van der Waals surface area contributed by atoms with E-state index in [-0.39, 0.29) is 18.6 Å². The van der Waals surface area contributed by atoms with E-state index in [9.17, 15) is 9.59 Å². The highest BCUT2D eigenvalue weighted by Gasteiger charge is 2.29. The fourth-order valence-electron chi connectivity index (χ4n) is 3.82. The average Bonchev–Trinajstić information content (AvgIpc) is 3.49. The zero-order valence-electron chi connectivity index (χ0n) is 16.5. The molecule has 0 aliphatic carbocycles. The van der Waals surface area contributed by atoms with Gasteiger partial charge >= 0.3 is 0 Å². The molecule has 0 spiro atoms. The molecule has 2 aliphatic rings. The van der Waals surface area contributed by atoms with E-state index in [0.29, 0.717) is 48.9 Å². The van der Waals surface area contributed by atoms with Gasteiger partial charge in [-0.1, -0.05) is 6.07 Å². The van der Waals surface area contributed by atoms with Crippen molar-refractivity contribution in [3.8, 4) is 11.5 Å². The lowest BCUT2D eigenvalue weighted by atomic mass is 10.0. The maximum Gasteiger partial charge on any atom is 0.272 e. The van der Waals surface area contributed by atoms with Crippen molar-refractivity contribution in [2.24, 2.45) is 7.05 Å². The predicted octanol–water partition coefficient (Wildman–Crippen LogP) is 1.61. The Bertz CT molecular complexity index is 1130. The number of benzene rings is 1. The second-order valence-corrected chi connectivity index (χ2v) is 7.38. The zero-order valence-corrected chi connectivity index (χ0v) is 16.5. The van der Waals surface area contributed by atoms with Gasteiger partial charge in [0.2, 0.25) is 6.79 Å². The van der Waals surface area contributed by atoms with E-state index >= 15 is 0 Å². The Balaban J connectivity index is 1.29. The topological polar surface area (TPSA) is 101 Å². The molecule has 2 N–H and O–H groups in total. The van der Waals surface area contributed by atoms with Gasteiger partial charge in [0, 0.05) is 44.0 Å². The van der Waals surface area contributed by atoms with Crippen molar-refractivity contribution >= 4 is 11.8 Å². The molecule has 2 amide bonds. The number of ether oxygens (including phenoxy) is 2. The van der Waals surface area contributed by atoms with E-state index < -0.39 is 0 Å². The Morgan fingerprint density at radius 3 is 2.93 bits per heavy atom. The minimum atomic E-state index is -0.279. The van der Waals surface area contributed by atoms with Crippen molar-refractivity contribution in [2.45, 2.75) is 19.5 Å². The molecule has 30 heavy (non-hydrogen) atoms. The van der Waals surface area contributed by atoms with Gasteiger partial charge < -0.3 is 24.3 Å². The van der Waals surface area contributed by atoms with Gasteiger partial charge in [0.25, 0.3) is 11.8 Å². The number of amides is 2. The molecule has 0 atom stereocenters. The van der Waals surface area contributed by atoms with Gasteiger partial charge in [-0.05, 0) is 29.8 Å². The third kappa shape index (κ3) is 3.18. The summed E-state index contributed by atoms with van der Waals surface area (Å²) in [6, 6.07) is 9.20. The summed E-state index contributed by atoms with van der Waals surface area (Å²) in [6.07, 6.45) is 2.48. The Morgan fingerprint density at radius 2 is 2.10 bits per heavy atom. The quantitative estimate of drug-likeness (QED) is 0.684. The van der Waals surface area contributed by atoms with Gasteiger partial charge in [0.05, 0.1) is 6.54 Å². The first kappa shape index (κ1) is 18.3. The van der Waals surface area contributed by atoms with Crippen molar-refractivity contribution in [2.75, 3.05) is 13.3 Å². The van der Waals surface area contributed by atoms with E-state index in [1.807, 2.05) is 37.5 Å². The number of aryl methyl sites for hydroxylation is 1. The molecule has 5 rings (SSSR count). The first-order chi connectivity index (χ1) is 14.6. The number of fused-ring (bicyclic) bond motifs is 2. The molecule has 1 aromatic carbocycles. The molecule has 0 unspecified atom stereocenters. The van der Waals surface area contributed by atoms with Crippen LogP contribution >= 0.6 is 0 Å². The van der Waals surface area contributed by atoms with Crippen LogP contribution in [0.4, 0.5) is 0 Å². The molecular formula is C21H21N5O4. The van der Waals surface area contributed by atoms with Crippen molar-refractivity contribution in [3.05, 3.63) is 64.7 Å². The van der Waals surface area contributed by atoms with Crippen LogP contribution in [-0.4, -0.2) is 44.8 Å². The molecule has 0 radical (unpaired) electrons. The Labute approximate surface area is 172 Å². The molecule has 0 saturated heterocycles. The molecular weight excluding hydrogens is 386 g/mol. The number of hydrogen-bond donors (Lipinski definition) is 2. The highest BCUT2D eigenvalue weighted by molar-refractivity contribution is 5.95. The summed E-state index contributed by atoms with van der Waals surface area (Å²) in [5.41, 5.74) is 3.52. The average molecular weight is 407 g/mol. The Morgan fingerprint density at radius 1 is 1.23 bits per heavy atom. The van der Waals surface area contributed by atoms with Gasteiger partial charge in [-0.3, -0.25) is 14.7 Å².